The minimum atomic E-state index is 0.683. The van der Waals surface area contributed by atoms with Crippen molar-refractivity contribution < 1.29 is 4.74 Å². The number of hydrogen-bond acceptors (Lipinski definition) is 4. The molecule has 2 aromatic rings. The molecule has 1 heterocycles. The van der Waals surface area contributed by atoms with E-state index < -0.39 is 0 Å². The molecule has 20 heavy (non-hydrogen) atoms. The number of pyridine rings is 1. The molecule has 0 amide bonds. The van der Waals surface area contributed by atoms with Gasteiger partial charge >= 0.3 is 0 Å². The van der Waals surface area contributed by atoms with Crippen LogP contribution in [0, 0.1) is 0 Å². The summed E-state index contributed by atoms with van der Waals surface area (Å²) < 4.78 is 5.16. The summed E-state index contributed by atoms with van der Waals surface area (Å²) in [5.74, 6) is 0.727. The average Bonchev–Trinajstić information content (AvgIpc) is 2.46. The summed E-state index contributed by atoms with van der Waals surface area (Å²) in [7, 11) is 3.73. The number of nitrogen functional groups attached to an aromatic ring is 1. The maximum atomic E-state index is 5.92. The monoisotopic (exact) mass is 271 g/mol. The van der Waals surface area contributed by atoms with Crippen LogP contribution in [-0.4, -0.2) is 30.6 Å². The van der Waals surface area contributed by atoms with Crippen LogP contribution in [0.4, 0.5) is 5.69 Å². The Hall–Kier alpha value is -2.07. The van der Waals surface area contributed by atoms with Crippen molar-refractivity contribution in [1.82, 2.24) is 9.88 Å². The molecule has 0 aliphatic rings. The zero-order chi connectivity index (χ0) is 14.4. The van der Waals surface area contributed by atoms with Crippen LogP contribution in [0.5, 0.6) is 5.75 Å². The molecule has 2 N–H and O–H groups in total. The summed E-state index contributed by atoms with van der Waals surface area (Å²) >= 11 is 0. The molecule has 0 aliphatic heterocycles. The molecule has 4 heteroatoms. The van der Waals surface area contributed by atoms with Crippen LogP contribution in [0.25, 0.3) is 0 Å². The number of rotatable bonds is 6. The first-order chi connectivity index (χ1) is 9.69. The third kappa shape index (κ3) is 3.96. The molecule has 4 nitrogen and oxygen atoms in total. The van der Waals surface area contributed by atoms with E-state index in [2.05, 4.69) is 23.0 Å². The lowest BCUT2D eigenvalue weighted by atomic mass is 10.1. The van der Waals surface area contributed by atoms with Crippen LogP contribution < -0.4 is 10.5 Å². The summed E-state index contributed by atoms with van der Waals surface area (Å²) in [5, 5.41) is 0. The number of hydrogen-bond donors (Lipinski definition) is 1. The molecule has 0 fully saturated rings. The normalized spacial score (nSPS) is 10.8. The van der Waals surface area contributed by atoms with Crippen molar-refractivity contribution in [3.8, 4) is 5.75 Å². The number of methoxy groups -OCH3 is 1. The number of nitrogens with zero attached hydrogens (tertiary/aromatic N) is 2. The summed E-state index contributed by atoms with van der Waals surface area (Å²) in [6, 6.07) is 11.9. The van der Waals surface area contributed by atoms with Crippen molar-refractivity contribution in [3.63, 3.8) is 0 Å². The number of aromatic nitrogens is 1. The van der Waals surface area contributed by atoms with E-state index in [-0.39, 0.29) is 0 Å². The quantitative estimate of drug-likeness (QED) is 0.819. The van der Waals surface area contributed by atoms with Crippen LogP contribution in [0.1, 0.15) is 11.3 Å². The number of ether oxygens (including phenoxy) is 1. The minimum absolute atomic E-state index is 0.683. The van der Waals surface area contributed by atoms with Gasteiger partial charge in [0.1, 0.15) is 5.75 Å². The minimum Gasteiger partial charge on any atom is -0.495 e. The summed E-state index contributed by atoms with van der Waals surface area (Å²) in [5.41, 5.74) is 8.91. The summed E-state index contributed by atoms with van der Waals surface area (Å²) in [6.45, 7) is 1.82. The lowest BCUT2D eigenvalue weighted by Crippen LogP contribution is -2.21. The van der Waals surface area contributed by atoms with E-state index in [1.54, 1.807) is 7.11 Å². The van der Waals surface area contributed by atoms with Crippen LogP contribution in [0.15, 0.2) is 42.6 Å². The molecule has 1 aromatic carbocycles. The van der Waals surface area contributed by atoms with Crippen molar-refractivity contribution in [3.05, 3.63) is 53.9 Å². The molecule has 1 aromatic heterocycles. The lowest BCUT2D eigenvalue weighted by Gasteiger charge is -2.17. The molecule has 0 unspecified atom stereocenters. The van der Waals surface area contributed by atoms with Gasteiger partial charge in [0.2, 0.25) is 0 Å². The van der Waals surface area contributed by atoms with E-state index in [4.69, 9.17) is 10.5 Å². The molecule has 0 bridgehead atoms. The van der Waals surface area contributed by atoms with E-state index in [9.17, 15) is 0 Å². The van der Waals surface area contributed by atoms with Gasteiger partial charge in [-0.25, -0.2) is 0 Å². The Kier molecular flexibility index (Phi) is 4.96. The highest BCUT2D eigenvalue weighted by Gasteiger charge is 2.04. The Morgan fingerprint density at radius 2 is 2.10 bits per heavy atom. The van der Waals surface area contributed by atoms with E-state index >= 15 is 0 Å². The van der Waals surface area contributed by atoms with E-state index in [1.807, 2.05) is 36.5 Å². The Bertz CT molecular complexity index is 543. The SMILES string of the molecule is COc1ccc(CN(C)CCc2ccccn2)cc1N. The maximum Gasteiger partial charge on any atom is 0.141 e. The predicted molar refractivity (Wildman–Crippen MR) is 81.7 cm³/mol. The van der Waals surface area contributed by atoms with Gasteiger partial charge in [0.25, 0.3) is 0 Å². The van der Waals surface area contributed by atoms with Gasteiger partial charge in [-0.1, -0.05) is 12.1 Å². The van der Waals surface area contributed by atoms with Crippen molar-refractivity contribution in [2.45, 2.75) is 13.0 Å². The fourth-order valence-corrected chi connectivity index (χ4v) is 2.12. The van der Waals surface area contributed by atoms with Gasteiger partial charge < -0.3 is 15.4 Å². The van der Waals surface area contributed by atoms with Crippen molar-refractivity contribution in [1.29, 1.82) is 0 Å². The molecular weight excluding hydrogens is 250 g/mol. The Morgan fingerprint density at radius 3 is 2.75 bits per heavy atom. The predicted octanol–water partition coefficient (Wildman–Crippen LogP) is 2.35. The first kappa shape index (κ1) is 14.3. The van der Waals surface area contributed by atoms with Gasteiger partial charge in [0.05, 0.1) is 12.8 Å². The van der Waals surface area contributed by atoms with Crippen molar-refractivity contribution in [2.24, 2.45) is 0 Å². The van der Waals surface area contributed by atoms with Gasteiger partial charge in [-0.05, 0) is 36.9 Å². The maximum absolute atomic E-state index is 5.92. The second kappa shape index (κ2) is 6.91. The summed E-state index contributed by atoms with van der Waals surface area (Å²) in [4.78, 5) is 6.59. The molecule has 0 saturated heterocycles. The smallest absolute Gasteiger partial charge is 0.141 e. The largest absolute Gasteiger partial charge is 0.495 e. The van der Waals surface area contributed by atoms with Gasteiger partial charge in [-0.2, -0.15) is 0 Å². The standard InChI is InChI=1S/C16H21N3O/c1-19(10-8-14-5-3-4-9-18-14)12-13-6-7-16(20-2)15(17)11-13/h3-7,9,11H,8,10,12,17H2,1-2H3. The molecule has 0 radical (unpaired) electrons. The number of anilines is 1. The summed E-state index contributed by atoms with van der Waals surface area (Å²) in [6.07, 6.45) is 2.78. The highest BCUT2D eigenvalue weighted by atomic mass is 16.5. The molecule has 0 saturated carbocycles. The van der Waals surface area contributed by atoms with Crippen molar-refractivity contribution in [2.75, 3.05) is 26.4 Å². The average molecular weight is 271 g/mol. The lowest BCUT2D eigenvalue weighted by molar-refractivity contribution is 0.330. The van der Waals surface area contributed by atoms with E-state index in [0.717, 1.165) is 31.0 Å². The fourth-order valence-electron chi connectivity index (χ4n) is 2.12. The molecule has 0 aliphatic carbocycles. The van der Waals surface area contributed by atoms with Crippen LogP contribution >= 0.6 is 0 Å². The van der Waals surface area contributed by atoms with Crippen LogP contribution in [0.2, 0.25) is 0 Å². The number of nitrogens with two attached hydrogens (primary N) is 1. The van der Waals surface area contributed by atoms with Crippen molar-refractivity contribution >= 4 is 5.69 Å². The molecule has 0 atom stereocenters. The second-order valence-electron chi connectivity index (χ2n) is 4.89. The van der Waals surface area contributed by atoms with Gasteiger partial charge in [0.15, 0.2) is 0 Å². The fraction of sp³-hybridized carbons (Fsp3) is 0.312. The van der Waals surface area contributed by atoms with E-state index in [1.165, 1.54) is 5.56 Å². The first-order valence-corrected chi connectivity index (χ1v) is 6.70. The van der Waals surface area contributed by atoms with Gasteiger partial charge in [-0.3, -0.25) is 4.98 Å². The molecular formula is C16H21N3O. The third-order valence-corrected chi connectivity index (χ3v) is 3.22. The molecule has 2 rings (SSSR count). The van der Waals surface area contributed by atoms with Gasteiger partial charge in [0, 0.05) is 31.4 Å². The first-order valence-electron chi connectivity index (χ1n) is 6.70. The zero-order valence-corrected chi connectivity index (χ0v) is 12.0. The Labute approximate surface area is 120 Å². The molecule has 0 spiro atoms. The van der Waals surface area contributed by atoms with E-state index in [0.29, 0.717) is 5.69 Å². The topological polar surface area (TPSA) is 51.4 Å². The Morgan fingerprint density at radius 1 is 1.25 bits per heavy atom. The highest BCUT2D eigenvalue weighted by molar-refractivity contribution is 5.54. The van der Waals surface area contributed by atoms with Crippen LogP contribution in [-0.2, 0) is 13.0 Å². The zero-order valence-electron chi connectivity index (χ0n) is 12.0. The third-order valence-electron chi connectivity index (χ3n) is 3.22. The molecule has 106 valence electrons. The number of benzene rings is 1. The second-order valence-corrected chi connectivity index (χ2v) is 4.89. The highest BCUT2D eigenvalue weighted by Crippen LogP contribution is 2.22. The number of likely N-dealkylation sites (N-methyl/N-ethyl adjacent to an activating group) is 1. The van der Waals surface area contributed by atoms with Crippen LogP contribution in [0.3, 0.4) is 0 Å². The Balaban J connectivity index is 1.88. The van der Waals surface area contributed by atoms with Gasteiger partial charge in [-0.15, -0.1) is 0 Å².